The monoisotopic (exact) mass is 200 g/mol. The van der Waals surface area contributed by atoms with Crippen LogP contribution in [-0.4, -0.2) is 29.7 Å². The van der Waals surface area contributed by atoms with E-state index in [1.165, 1.54) is 12.5 Å². The summed E-state index contributed by atoms with van der Waals surface area (Å²) in [5.74, 6) is 0. The molecule has 3 N–H and O–H groups in total. The van der Waals surface area contributed by atoms with Crippen molar-refractivity contribution in [2.45, 2.75) is 0 Å². The number of H-pyrrole nitrogens is 1. The number of aromatic amines is 1. The van der Waals surface area contributed by atoms with E-state index in [1.54, 1.807) is 0 Å². The van der Waals surface area contributed by atoms with Crippen LogP contribution in [0.5, 0.6) is 0 Å². The molecule has 2 aromatic rings. The largest absolute Gasteiger partial charge is 0.393 e. The zero-order chi connectivity index (χ0) is 9.47. The first-order valence-corrected chi connectivity index (χ1v) is 4.91. The second-order valence-electron chi connectivity index (χ2n) is 2.35. The Morgan fingerprint density at radius 1 is 1.38 bits per heavy atom. The van der Waals surface area contributed by atoms with Gasteiger partial charge in [-0.25, -0.2) is 9.97 Å². The Kier molecular flexibility index (Phi) is 1.66. The lowest BCUT2D eigenvalue weighted by atomic mass is 10.6. The maximum absolute atomic E-state index is 10.7. The molecule has 13 heavy (non-hydrogen) atoms. The van der Waals surface area contributed by atoms with Gasteiger partial charge in [-0.2, -0.15) is 4.98 Å². The van der Waals surface area contributed by atoms with Crippen LogP contribution < -0.4 is 5.57 Å². The summed E-state index contributed by atoms with van der Waals surface area (Å²) in [5, 5.41) is 0. The van der Waals surface area contributed by atoms with Crippen molar-refractivity contribution >= 4 is 24.3 Å². The van der Waals surface area contributed by atoms with Crippen molar-refractivity contribution in [1.29, 1.82) is 0 Å². The number of aromatic nitrogens is 4. The van der Waals surface area contributed by atoms with Crippen LogP contribution in [0.3, 0.4) is 0 Å². The third kappa shape index (κ3) is 1.44. The summed E-state index contributed by atoms with van der Waals surface area (Å²) in [6.07, 6.45) is 2.66. The van der Waals surface area contributed by atoms with Crippen molar-refractivity contribution < 1.29 is 14.4 Å². The molecule has 8 heteroatoms. The molecule has 0 amide bonds. The van der Waals surface area contributed by atoms with Gasteiger partial charge in [0.1, 0.15) is 5.52 Å². The Balaban J connectivity index is 2.67. The third-order valence-electron chi connectivity index (χ3n) is 1.42. The van der Waals surface area contributed by atoms with E-state index < -0.39 is 13.2 Å². The molecule has 0 unspecified atom stereocenters. The summed E-state index contributed by atoms with van der Waals surface area (Å²) in [7, 11) is -4.37. The topological polar surface area (TPSA) is 112 Å². The Bertz CT molecular complexity index is 489. The van der Waals surface area contributed by atoms with Crippen LogP contribution in [0.4, 0.5) is 0 Å². The highest BCUT2D eigenvalue weighted by molar-refractivity contribution is 7.59. The van der Waals surface area contributed by atoms with Gasteiger partial charge in [-0.15, -0.1) is 0 Å². The molecule has 0 aromatic carbocycles. The lowest BCUT2D eigenvalue weighted by Crippen LogP contribution is -2.13. The highest BCUT2D eigenvalue weighted by Gasteiger charge is 2.21. The molecule has 0 bridgehead atoms. The van der Waals surface area contributed by atoms with Gasteiger partial charge >= 0.3 is 7.60 Å². The molecule has 7 nitrogen and oxygen atoms in total. The Morgan fingerprint density at radius 3 is 2.85 bits per heavy atom. The van der Waals surface area contributed by atoms with E-state index >= 15 is 0 Å². The smallest absolute Gasteiger partial charge is 0.342 e. The van der Waals surface area contributed by atoms with E-state index in [2.05, 4.69) is 19.9 Å². The number of fused-ring (bicyclic) bond motifs is 1. The summed E-state index contributed by atoms with van der Waals surface area (Å²) >= 11 is 0. The fraction of sp³-hybridized carbons (Fsp3) is 0. The average molecular weight is 200 g/mol. The minimum atomic E-state index is -4.37. The summed E-state index contributed by atoms with van der Waals surface area (Å²) < 4.78 is 10.7. The summed E-state index contributed by atoms with van der Waals surface area (Å²) in [5.41, 5.74) is 0.276. The van der Waals surface area contributed by atoms with Gasteiger partial charge < -0.3 is 14.8 Å². The highest BCUT2D eigenvalue weighted by atomic mass is 31.2. The van der Waals surface area contributed by atoms with Gasteiger partial charge in [-0.05, 0) is 0 Å². The maximum atomic E-state index is 10.7. The van der Waals surface area contributed by atoms with Crippen LogP contribution in [0.2, 0.25) is 0 Å². The number of nitrogens with zero attached hydrogens (tertiary/aromatic N) is 3. The van der Waals surface area contributed by atoms with Gasteiger partial charge in [-0.3, -0.25) is 4.57 Å². The van der Waals surface area contributed by atoms with Gasteiger partial charge in [0.25, 0.3) is 0 Å². The maximum Gasteiger partial charge on any atom is 0.393 e. The second kappa shape index (κ2) is 2.59. The number of imidazole rings is 1. The highest BCUT2D eigenvalue weighted by Crippen LogP contribution is 2.30. The zero-order valence-corrected chi connectivity index (χ0v) is 7.14. The summed E-state index contributed by atoms with van der Waals surface area (Å²) in [6, 6.07) is 0. The lowest BCUT2D eigenvalue weighted by molar-refractivity contribution is 0.385. The van der Waals surface area contributed by atoms with Crippen molar-refractivity contribution in [2.24, 2.45) is 0 Å². The molecule has 0 aliphatic rings. The van der Waals surface area contributed by atoms with Crippen molar-refractivity contribution in [3.8, 4) is 0 Å². The molecule has 0 spiro atoms. The molecule has 2 aromatic heterocycles. The summed E-state index contributed by atoms with van der Waals surface area (Å²) in [4.78, 5) is 31.0. The molecule has 0 saturated carbocycles. The first-order valence-electron chi connectivity index (χ1n) is 3.29. The van der Waals surface area contributed by atoms with Crippen molar-refractivity contribution in [1.82, 2.24) is 19.9 Å². The fourth-order valence-corrected chi connectivity index (χ4v) is 1.30. The standard InChI is InChI=1S/C5H5N4O3P/c10-13(11,12)5-6-1-3-4(9-5)8-2-7-3/h1-2H,(H2,10,11,12)(H,6,7,8,9). The molecule has 68 valence electrons. The number of hydrogen-bond acceptors (Lipinski definition) is 4. The molecular weight excluding hydrogens is 195 g/mol. The average Bonchev–Trinajstić information content (AvgIpc) is 2.47. The Hall–Kier alpha value is -1.30. The Morgan fingerprint density at radius 2 is 2.15 bits per heavy atom. The second-order valence-corrected chi connectivity index (χ2v) is 3.84. The predicted molar refractivity (Wildman–Crippen MR) is 43.4 cm³/mol. The van der Waals surface area contributed by atoms with E-state index in [-0.39, 0.29) is 5.65 Å². The van der Waals surface area contributed by atoms with Crippen molar-refractivity contribution in [3.05, 3.63) is 12.5 Å². The molecule has 0 aliphatic heterocycles. The van der Waals surface area contributed by atoms with Crippen LogP contribution in [0, 0.1) is 0 Å². The predicted octanol–water partition coefficient (Wildman–Crippen LogP) is -0.844. The molecule has 0 atom stereocenters. The first kappa shape index (κ1) is 8.31. The van der Waals surface area contributed by atoms with Crippen LogP contribution in [0.25, 0.3) is 11.2 Å². The molecule has 0 aliphatic carbocycles. The van der Waals surface area contributed by atoms with E-state index in [4.69, 9.17) is 9.79 Å². The van der Waals surface area contributed by atoms with Gasteiger partial charge in [0, 0.05) is 0 Å². The van der Waals surface area contributed by atoms with Crippen LogP contribution >= 0.6 is 7.60 Å². The Labute approximate surface area is 72.0 Å². The minimum absolute atomic E-state index is 0.244. The van der Waals surface area contributed by atoms with Crippen LogP contribution in [0.15, 0.2) is 12.5 Å². The molecule has 0 saturated heterocycles. The molecule has 0 radical (unpaired) electrons. The van der Waals surface area contributed by atoms with Gasteiger partial charge in [0.2, 0.25) is 5.57 Å². The van der Waals surface area contributed by atoms with Crippen molar-refractivity contribution in [3.63, 3.8) is 0 Å². The van der Waals surface area contributed by atoms with Gasteiger partial charge in [-0.1, -0.05) is 0 Å². The SMILES string of the molecule is O=P(O)(O)c1ncc2[nH]cnc2n1. The molecule has 2 rings (SSSR count). The van der Waals surface area contributed by atoms with E-state index in [0.717, 1.165) is 0 Å². The normalized spacial score (nSPS) is 12.2. The van der Waals surface area contributed by atoms with Crippen LogP contribution in [-0.2, 0) is 4.57 Å². The molecular formula is C5H5N4O3P. The summed E-state index contributed by atoms with van der Waals surface area (Å²) in [6.45, 7) is 0. The van der Waals surface area contributed by atoms with E-state index in [9.17, 15) is 4.57 Å². The number of rotatable bonds is 1. The van der Waals surface area contributed by atoms with Crippen molar-refractivity contribution in [2.75, 3.05) is 0 Å². The lowest BCUT2D eigenvalue weighted by Gasteiger charge is -1.99. The van der Waals surface area contributed by atoms with Gasteiger partial charge in [0.05, 0.1) is 12.5 Å². The number of nitrogens with one attached hydrogen (secondary N) is 1. The number of hydrogen-bond donors (Lipinski definition) is 3. The quantitative estimate of drug-likeness (QED) is 0.517. The zero-order valence-electron chi connectivity index (χ0n) is 6.25. The molecule has 0 fully saturated rings. The van der Waals surface area contributed by atoms with E-state index in [0.29, 0.717) is 5.52 Å². The van der Waals surface area contributed by atoms with Gasteiger partial charge in [0.15, 0.2) is 5.65 Å². The fourth-order valence-electron chi connectivity index (χ4n) is 0.867. The van der Waals surface area contributed by atoms with E-state index in [1.807, 2.05) is 0 Å². The first-order chi connectivity index (χ1) is 6.07. The third-order valence-corrected chi connectivity index (χ3v) is 2.16. The molecule has 2 heterocycles. The van der Waals surface area contributed by atoms with Crippen LogP contribution in [0.1, 0.15) is 0 Å². The minimum Gasteiger partial charge on any atom is -0.342 e.